The third-order valence-electron chi connectivity index (χ3n) is 4.56. The van der Waals surface area contributed by atoms with E-state index in [-0.39, 0.29) is 20.8 Å². The van der Waals surface area contributed by atoms with Crippen LogP contribution in [0.1, 0.15) is 22.5 Å². The molecule has 1 amide bonds. The fourth-order valence-corrected chi connectivity index (χ4v) is 6.01. The molecule has 2 heterocycles. The summed E-state index contributed by atoms with van der Waals surface area (Å²) in [5, 5.41) is 1.18. The van der Waals surface area contributed by atoms with Gasteiger partial charge in [0, 0.05) is 28.5 Å². The number of amides is 1. The molecule has 28 heavy (non-hydrogen) atoms. The number of hydrogen-bond acceptors (Lipinski definition) is 4. The van der Waals surface area contributed by atoms with Crippen LogP contribution in [0, 0.1) is 0 Å². The SMILES string of the molecule is O=C(c1cc2cc(NS(=O)(=O)c3cc(Cl)ccc3Cl)ccc2s1)N1CCCC1. The minimum Gasteiger partial charge on any atom is -0.338 e. The van der Waals surface area contributed by atoms with Crippen molar-refractivity contribution in [3.8, 4) is 0 Å². The Morgan fingerprint density at radius 1 is 1.04 bits per heavy atom. The summed E-state index contributed by atoms with van der Waals surface area (Å²) < 4.78 is 28.8. The topological polar surface area (TPSA) is 66.5 Å². The first kappa shape index (κ1) is 19.5. The maximum absolute atomic E-state index is 12.7. The van der Waals surface area contributed by atoms with Crippen LogP contribution in [-0.4, -0.2) is 32.3 Å². The van der Waals surface area contributed by atoms with Crippen LogP contribution >= 0.6 is 34.5 Å². The number of anilines is 1. The zero-order chi connectivity index (χ0) is 19.9. The molecule has 1 aliphatic rings. The Balaban J connectivity index is 1.62. The number of halogens is 2. The number of hydrogen-bond donors (Lipinski definition) is 1. The molecule has 0 unspecified atom stereocenters. The third kappa shape index (κ3) is 3.85. The molecule has 0 saturated carbocycles. The average Bonchev–Trinajstić information content (AvgIpc) is 3.32. The lowest BCUT2D eigenvalue weighted by molar-refractivity contribution is 0.0797. The van der Waals surface area contributed by atoms with Crippen molar-refractivity contribution in [2.24, 2.45) is 0 Å². The molecule has 0 aliphatic carbocycles. The normalized spacial score (nSPS) is 14.6. The smallest absolute Gasteiger partial charge is 0.263 e. The highest BCUT2D eigenvalue weighted by molar-refractivity contribution is 7.92. The fraction of sp³-hybridized carbons (Fsp3) is 0.211. The van der Waals surface area contributed by atoms with Crippen molar-refractivity contribution in [3.05, 3.63) is 57.4 Å². The number of nitrogens with zero attached hydrogens (tertiary/aromatic N) is 1. The molecule has 2 aromatic carbocycles. The number of nitrogens with one attached hydrogen (secondary N) is 1. The molecule has 0 spiro atoms. The monoisotopic (exact) mass is 454 g/mol. The Kier molecular flexibility index (Phi) is 5.26. The largest absolute Gasteiger partial charge is 0.338 e. The molecule has 4 rings (SSSR count). The van der Waals surface area contributed by atoms with Crippen molar-refractivity contribution in [1.82, 2.24) is 4.90 Å². The Morgan fingerprint density at radius 3 is 2.54 bits per heavy atom. The number of benzene rings is 2. The van der Waals surface area contributed by atoms with E-state index in [4.69, 9.17) is 23.2 Å². The summed E-state index contributed by atoms with van der Waals surface area (Å²) in [4.78, 5) is 15.0. The van der Waals surface area contributed by atoms with Gasteiger partial charge in [0.15, 0.2) is 0 Å². The van der Waals surface area contributed by atoms with E-state index in [9.17, 15) is 13.2 Å². The number of fused-ring (bicyclic) bond motifs is 1. The van der Waals surface area contributed by atoms with Crippen molar-refractivity contribution in [1.29, 1.82) is 0 Å². The highest BCUT2D eigenvalue weighted by Crippen LogP contribution is 2.31. The molecule has 1 saturated heterocycles. The van der Waals surface area contributed by atoms with Gasteiger partial charge in [-0.05, 0) is 60.7 Å². The van der Waals surface area contributed by atoms with Gasteiger partial charge in [0.1, 0.15) is 4.90 Å². The van der Waals surface area contributed by atoms with Crippen LogP contribution < -0.4 is 4.72 Å². The average molecular weight is 455 g/mol. The molecule has 0 radical (unpaired) electrons. The van der Waals surface area contributed by atoms with Crippen LogP contribution in [-0.2, 0) is 10.0 Å². The second-order valence-corrected chi connectivity index (χ2v) is 10.1. The molecular weight excluding hydrogens is 439 g/mol. The zero-order valence-corrected chi connectivity index (χ0v) is 17.8. The fourth-order valence-electron chi connectivity index (χ4n) is 3.18. The van der Waals surface area contributed by atoms with Crippen LogP contribution in [0.25, 0.3) is 10.1 Å². The van der Waals surface area contributed by atoms with E-state index in [0.717, 1.165) is 36.0 Å². The zero-order valence-electron chi connectivity index (χ0n) is 14.6. The van der Waals surface area contributed by atoms with Gasteiger partial charge >= 0.3 is 0 Å². The molecule has 146 valence electrons. The van der Waals surface area contributed by atoms with Crippen molar-refractivity contribution in [3.63, 3.8) is 0 Å². The minimum absolute atomic E-state index is 0.0338. The molecule has 1 fully saturated rings. The number of sulfonamides is 1. The third-order valence-corrected chi connectivity index (χ3v) is 7.76. The highest BCUT2D eigenvalue weighted by Gasteiger charge is 2.22. The summed E-state index contributed by atoms with van der Waals surface area (Å²) in [5.74, 6) is 0.0338. The number of thiophene rings is 1. The Hall–Kier alpha value is -1.80. The van der Waals surface area contributed by atoms with Crippen LogP contribution in [0.4, 0.5) is 5.69 Å². The number of rotatable bonds is 4. The summed E-state index contributed by atoms with van der Waals surface area (Å²) in [7, 11) is -3.90. The van der Waals surface area contributed by atoms with Gasteiger partial charge in [-0.2, -0.15) is 0 Å². The van der Waals surface area contributed by atoms with Crippen LogP contribution in [0.2, 0.25) is 10.0 Å². The van der Waals surface area contributed by atoms with Crippen molar-refractivity contribution in [2.45, 2.75) is 17.7 Å². The Bertz CT molecular complexity index is 1170. The summed E-state index contributed by atoms with van der Waals surface area (Å²) in [5.41, 5.74) is 0.390. The first-order valence-electron chi connectivity index (χ1n) is 8.64. The first-order valence-corrected chi connectivity index (χ1v) is 11.7. The van der Waals surface area contributed by atoms with Gasteiger partial charge in [0.05, 0.1) is 9.90 Å². The summed E-state index contributed by atoms with van der Waals surface area (Å²) >= 11 is 13.3. The summed E-state index contributed by atoms with van der Waals surface area (Å²) in [6.45, 7) is 1.58. The second-order valence-electron chi connectivity index (χ2n) is 6.54. The van der Waals surface area contributed by atoms with Gasteiger partial charge in [0.2, 0.25) is 0 Å². The van der Waals surface area contributed by atoms with E-state index < -0.39 is 10.0 Å². The van der Waals surface area contributed by atoms with Gasteiger partial charge in [-0.15, -0.1) is 11.3 Å². The lowest BCUT2D eigenvalue weighted by Gasteiger charge is -2.13. The van der Waals surface area contributed by atoms with E-state index in [1.807, 2.05) is 11.0 Å². The van der Waals surface area contributed by atoms with Gasteiger partial charge in [-0.3, -0.25) is 9.52 Å². The maximum atomic E-state index is 12.7. The minimum atomic E-state index is -3.90. The molecule has 0 bridgehead atoms. The van der Waals surface area contributed by atoms with Crippen molar-refractivity contribution >= 4 is 66.2 Å². The quantitative estimate of drug-likeness (QED) is 0.585. The van der Waals surface area contributed by atoms with E-state index in [0.29, 0.717) is 10.6 Å². The van der Waals surface area contributed by atoms with E-state index in [2.05, 4.69) is 4.72 Å². The van der Waals surface area contributed by atoms with E-state index in [1.165, 1.54) is 29.5 Å². The van der Waals surface area contributed by atoms with Crippen LogP contribution in [0.5, 0.6) is 0 Å². The standard InChI is InChI=1S/C19H16Cl2N2O3S2/c20-13-3-5-15(21)18(11-13)28(25,26)22-14-4-6-16-12(9-14)10-17(27-16)19(24)23-7-1-2-8-23/h3-6,9-11,22H,1-2,7-8H2. The second kappa shape index (κ2) is 7.55. The molecule has 5 nitrogen and oxygen atoms in total. The first-order chi connectivity index (χ1) is 13.3. The number of carbonyl (C=O) groups is 1. The predicted octanol–water partition coefficient (Wildman–Crippen LogP) is 5.24. The van der Waals surface area contributed by atoms with E-state index >= 15 is 0 Å². The van der Waals surface area contributed by atoms with Crippen molar-refractivity contribution in [2.75, 3.05) is 17.8 Å². The molecular formula is C19H16Cl2N2O3S2. The maximum Gasteiger partial charge on any atom is 0.263 e. The lowest BCUT2D eigenvalue weighted by Crippen LogP contribution is -2.26. The molecule has 1 aliphatic heterocycles. The Morgan fingerprint density at radius 2 is 1.79 bits per heavy atom. The Labute approximate surface area is 176 Å². The number of likely N-dealkylation sites (tertiary alicyclic amines) is 1. The van der Waals surface area contributed by atoms with Crippen molar-refractivity contribution < 1.29 is 13.2 Å². The highest BCUT2D eigenvalue weighted by atomic mass is 35.5. The molecule has 3 aromatic rings. The molecule has 9 heteroatoms. The summed E-state index contributed by atoms with van der Waals surface area (Å²) in [6, 6.07) is 11.3. The molecule has 0 atom stereocenters. The number of carbonyl (C=O) groups excluding carboxylic acids is 1. The summed E-state index contributed by atoms with van der Waals surface area (Å²) in [6.07, 6.45) is 2.07. The molecule has 1 N–H and O–H groups in total. The van der Waals surface area contributed by atoms with Gasteiger partial charge in [-0.25, -0.2) is 8.42 Å². The predicted molar refractivity (Wildman–Crippen MR) is 114 cm³/mol. The van der Waals surface area contributed by atoms with Gasteiger partial charge < -0.3 is 4.90 Å². The van der Waals surface area contributed by atoms with Crippen LogP contribution in [0.15, 0.2) is 47.4 Å². The van der Waals surface area contributed by atoms with E-state index in [1.54, 1.807) is 18.2 Å². The van der Waals surface area contributed by atoms with Gasteiger partial charge in [-0.1, -0.05) is 23.2 Å². The van der Waals surface area contributed by atoms with Gasteiger partial charge in [0.25, 0.3) is 15.9 Å². The lowest BCUT2D eigenvalue weighted by atomic mass is 10.2. The molecule has 1 aromatic heterocycles. The van der Waals surface area contributed by atoms with Crippen LogP contribution in [0.3, 0.4) is 0 Å².